The number of hydrogen-bond donors (Lipinski definition) is 1. The standard InChI is InChI=1S/C64H115NO8/c1-6-8-10-12-14-16-18-20-22-24-25-26-27-28-29-30-31-32-33-34-35-36-37-39-40-42-44-46-48-50-52-54-61(66)71-58-60(59-72-64(63(68)69)70-57-56-65(3,4)5)73-62(67)55-53-51-49-47-45-43-41-38-23-21-19-17-15-13-11-9-7-2/h9,11,15,17,21,23-25,41,43,60,64H,6-8,10,12-14,16,18-20,22,26-40,42,44-59H2,1-5H3/p+1/b11-9-,17-15-,23-21-,25-24-,43-41-. The van der Waals surface area contributed by atoms with Crippen LogP contribution in [0.2, 0.25) is 0 Å². The van der Waals surface area contributed by atoms with E-state index in [9.17, 15) is 19.5 Å². The van der Waals surface area contributed by atoms with Crippen LogP contribution in [0.5, 0.6) is 0 Å². The highest BCUT2D eigenvalue weighted by Gasteiger charge is 2.25. The lowest BCUT2D eigenvalue weighted by atomic mass is 10.0. The van der Waals surface area contributed by atoms with Crippen molar-refractivity contribution in [1.29, 1.82) is 0 Å². The van der Waals surface area contributed by atoms with Gasteiger partial charge in [-0.2, -0.15) is 0 Å². The van der Waals surface area contributed by atoms with Gasteiger partial charge in [0, 0.05) is 12.8 Å². The smallest absolute Gasteiger partial charge is 0.361 e. The van der Waals surface area contributed by atoms with Crippen LogP contribution in [-0.2, 0) is 33.3 Å². The number of unbranched alkanes of at least 4 members (excludes halogenated alkanes) is 31. The van der Waals surface area contributed by atoms with E-state index >= 15 is 0 Å². The van der Waals surface area contributed by atoms with Gasteiger partial charge in [0.1, 0.15) is 13.2 Å². The van der Waals surface area contributed by atoms with Gasteiger partial charge in [0.25, 0.3) is 6.29 Å². The number of allylic oxidation sites excluding steroid dienone is 10. The number of rotatable bonds is 56. The lowest BCUT2D eigenvalue weighted by Gasteiger charge is -2.25. The molecular formula is C64H116NO8+. The van der Waals surface area contributed by atoms with Gasteiger partial charge in [-0.1, -0.05) is 242 Å². The first-order valence-electron chi connectivity index (χ1n) is 30.5. The second-order valence-electron chi connectivity index (χ2n) is 21.6. The maximum absolute atomic E-state index is 12.8. The zero-order chi connectivity index (χ0) is 53.4. The van der Waals surface area contributed by atoms with Gasteiger partial charge in [0.15, 0.2) is 6.10 Å². The van der Waals surface area contributed by atoms with Crippen LogP contribution in [0.1, 0.15) is 271 Å². The van der Waals surface area contributed by atoms with Crippen molar-refractivity contribution < 1.29 is 42.9 Å². The van der Waals surface area contributed by atoms with Crippen molar-refractivity contribution in [3.05, 3.63) is 60.8 Å². The Balaban J connectivity index is 4.12. The van der Waals surface area contributed by atoms with E-state index in [4.69, 9.17) is 18.9 Å². The molecule has 0 saturated carbocycles. The summed E-state index contributed by atoms with van der Waals surface area (Å²) in [5.41, 5.74) is 0. The molecule has 0 radical (unpaired) electrons. The fraction of sp³-hybridized carbons (Fsp3) is 0.797. The predicted octanol–water partition coefficient (Wildman–Crippen LogP) is 18.0. The number of carbonyl (C=O) groups is 3. The van der Waals surface area contributed by atoms with Gasteiger partial charge in [-0.15, -0.1) is 0 Å². The lowest BCUT2D eigenvalue weighted by molar-refractivity contribution is -0.870. The van der Waals surface area contributed by atoms with Gasteiger partial charge < -0.3 is 28.5 Å². The van der Waals surface area contributed by atoms with Gasteiger partial charge in [-0.3, -0.25) is 9.59 Å². The van der Waals surface area contributed by atoms with E-state index in [1.54, 1.807) is 0 Å². The molecule has 2 atom stereocenters. The highest BCUT2D eigenvalue weighted by atomic mass is 16.7. The summed E-state index contributed by atoms with van der Waals surface area (Å²) in [6.45, 7) is 4.76. The third-order valence-corrected chi connectivity index (χ3v) is 13.3. The van der Waals surface area contributed by atoms with Crippen molar-refractivity contribution in [3.8, 4) is 0 Å². The van der Waals surface area contributed by atoms with Crippen molar-refractivity contribution in [2.45, 2.75) is 283 Å². The van der Waals surface area contributed by atoms with Crippen molar-refractivity contribution in [3.63, 3.8) is 0 Å². The summed E-state index contributed by atoms with van der Waals surface area (Å²) in [7, 11) is 5.96. The van der Waals surface area contributed by atoms with Gasteiger partial charge in [-0.25, -0.2) is 4.79 Å². The molecule has 0 heterocycles. The minimum Gasteiger partial charge on any atom is -0.477 e. The SMILES string of the molecule is CC/C=C\C/C=C\C/C=C\C/C=C\CCCCCCC(=O)OC(COC(=O)CCCCCCCCCCCCCCCCCCCCC/C=C\CCCCCCCCCC)COC(OCC[N+](C)(C)C)C(=O)O. The fourth-order valence-electron chi connectivity index (χ4n) is 8.59. The van der Waals surface area contributed by atoms with Crippen LogP contribution >= 0.6 is 0 Å². The monoisotopic (exact) mass is 1030 g/mol. The Morgan fingerprint density at radius 2 is 0.781 bits per heavy atom. The molecule has 9 nitrogen and oxygen atoms in total. The maximum Gasteiger partial charge on any atom is 0.361 e. The van der Waals surface area contributed by atoms with Crippen molar-refractivity contribution in [1.82, 2.24) is 0 Å². The minimum atomic E-state index is -1.52. The number of likely N-dealkylation sites (N-methyl/N-ethyl adjacent to an activating group) is 1. The zero-order valence-corrected chi connectivity index (χ0v) is 48.3. The second-order valence-corrected chi connectivity index (χ2v) is 21.6. The summed E-state index contributed by atoms with van der Waals surface area (Å²) in [5.74, 6) is -2.03. The van der Waals surface area contributed by atoms with E-state index in [2.05, 4.69) is 74.6 Å². The van der Waals surface area contributed by atoms with Crippen molar-refractivity contribution >= 4 is 17.9 Å². The van der Waals surface area contributed by atoms with Crippen LogP contribution in [0, 0.1) is 0 Å². The van der Waals surface area contributed by atoms with E-state index in [1.807, 2.05) is 21.1 Å². The van der Waals surface area contributed by atoms with Crippen molar-refractivity contribution in [2.24, 2.45) is 0 Å². The number of aliphatic carboxylic acids is 1. The number of carboxylic acid groups (broad SMARTS) is 1. The maximum atomic E-state index is 12.8. The molecular weight excluding hydrogens is 911 g/mol. The Bertz CT molecular complexity index is 1380. The molecule has 0 aliphatic carbocycles. The topological polar surface area (TPSA) is 108 Å². The van der Waals surface area contributed by atoms with E-state index in [1.165, 1.54) is 167 Å². The predicted molar refractivity (Wildman–Crippen MR) is 309 cm³/mol. The molecule has 0 saturated heterocycles. The van der Waals surface area contributed by atoms with Gasteiger partial charge in [0.2, 0.25) is 0 Å². The van der Waals surface area contributed by atoms with Crippen LogP contribution < -0.4 is 0 Å². The zero-order valence-electron chi connectivity index (χ0n) is 48.3. The number of hydrogen-bond acceptors (Lipinski definition) is 7. The van der Waals surface area contributed by atoms with E-state index < -0.39 is 24.3 Å². The molecule has 73 heavy (non-hydrogen) atoms. The quantitative estimate of drug-likeness (QED) is 0.0211. The molecule has 424 valence electrons. The van der Waals surface area contributed by atoms with Gasteiger partial charge >= 0.3 is 17.9 Å². The second kappa shape index (κ2) is 55.2. The van der Waals surface area contributed by atoms with Crippen LogP contribution in [0.3, 0.4) is 0 Å². The first-order chi connectivity index (χ1) is 35.6. The Hall–Kier alpha value is -3.01. The lowest BCUT2D eigenvalue weighted by Crippen LogP contribution is -2.40. The Labute approximate surface area is 450 Å². The highest BCUT2D eigenvalue weighted by Crippen LogP contribution is 2.17. The van der Waals surface area contributed by atoms with E-state index in [0.717, 1.165) is 70.6 Å². The molecule has 0 aromatic rings. The fourth-order valence-corrected chi connectivity index (χ4v) is 8.59. The van der Waals surface area contributed by atoms with E-state index in [-0.39, 0.29) is 32.2 Å². The Morgan fingerprint density at radius 3 is 1.18 bits per heavy atom. The van der Waals surface area contributed by atoms with E-state index in [0.29, 0.717) is 23.9 Å². The van der Waals surface area contributed by atoms with Crippen LogP contribution in [-0.4, -0.2) is 87.4 Å². The third-order valence-electron chi connectivity index (χ3n) is 13.3. The van der Waals surface area contributed by atoms with Gasteiger partial charge in [-0.05, 0) is 77.0 Å². The molecule has 2 unspecified atom stereocenters. The summed E-state index contributed by atoms with van der Waals surface area (Å²) in [6, 6.07) is 0. The molecule has 0 rings (SSSR count). The summed E-state index contributed by atoms with van der Waals surface area (Å²) < 4.78 is 22.9. The summed E-state index contributed by atoms with van der Waals surface area (Å²) in [4.78, 5) is 37.4. The Kier molecular flexibility index (Phi) is 53.0. The molecule has 0 spiro atoms. The third kappa shape index (κ3) is 56.6. The Morgan fingerprint density at radius 1 is 0.425 bits per heavy atom. The van der Waals surface area contributed by atoms with Crippen LogP contribution in [0.4, 0.5) is 0 Å². The summed E-state index contributed by atoms with van der Waals surface area (Å²) in [5, 5.41) is 9.70. The average molecular weight is 1030 g/mol. The number of carbonyl (C=O) groups excluding carboxylic acids is 2. The normalized spacial score (nSPS) is 13.2. The van der Waals surface area contributed by atoms with Crippen LogP contribution in [0.25, 0.3) is 0 Å². The summed E-state index contributed by atoms with van der Waals surface area (Å²) >= 11 is 0. The number of esters is 2. The molecule has 0 aliphatic heterocycles. The molecule has 9 heteroatoms. The highest BCUT2D eigenvalue weighted by molar-refractivity contribution is 5.71. The van der Waals surface area contributed by atoms with Gasteiger partial charge in [0.05, 0.1) is 34.4 Å². The van der Waals surface area contributed by atoms with Crippen LogP contribution in [0.15, 0.2) is 60.8 Å². The molecule has 0 bridgehead atoms. The summed E-state index contributed by atoms with van der Waals surface area (Å²) in [6.07, 6.45) is 67.5. The molecule has 0 aromatic carbocycles. The van der Waals surface area contributed by atoms with Crippen molar-refractivity contribution in [2.75, 3.05) is 47.5 Å². The molecule has 0 amide bonds. The largest absolute Gasteiger partial charge is 0.477 e. The number of ether oxygens (including phenoxy) is 4. The molecule has 0 aromatic heterocycles. The minimum absolute atomic E-state index is 0.181. The molecule has 0 aliphatic rings. The number of carboxylic acids is 1. The first-order valence-corrected chi connectivity index (χ1v) is 30.5. The number of quaternary nitrogens is 1. The molecule has 0 fully saturated rings. The number of nitrogens with zero attached hydrogens (tertiary/aromatic N) is 1. The first kappa shape index (κ1) is 70.0. The average Bonchev–Trinajstić information content (AvgIpc) is 3.36. The molecule has 1 N–H and O–H groups in total.